The topological polar surface area (TPSA) is 47.8 Å². The molecule has 0 atom stereocenters. The van der Waals surface area contributed by atoms with Gasteiger partial charge in [-0.25, -0.2) is 4.98 Å². The molecule has 2 aromatic rings. The van der Waals surface area contributed by atoms with Crippen LogP contribution in [0.1, 0.15) is 5.56 Å². The maximum absolute atomic E-state index is 12.4. The summed E-state index contributed by atoms with van der Waals surface area (Å²) >= 11 is 1.62. The summed E-state index contributed by atoms with van der Waals surface area (Å²) in [6.07, 6.45) is 1.87. The molecule has 5 heteroatoms. The predicted molar refractivity (Wildman–Crippen MR) is 81.5 cm³/mol. The molecule has 0 fully saturated rings. The normalized spacial score (nSPS) is 11.7. The van der Waals surface area contributed by atoms with Gasteiger partial charge in [0, 0.05) is 18.8 Å². The average Bonchev–Trinajstić information content (AvgIpc) is 2.85. The van der Waals surface area contributed by atoms with Crippen molar-refractivity contribution in [2.75, 3.05) is 0 Å². The molecule has 0 amide bonds. The van der Waals surface area contributed by atoms with Gasteiger partial charge in [0.15, 0.2) is 0 Å². The van der Waals surface area contributed by atoms with Gasteiger partial charge in [0.25, 0.3) is 0 Å². The van der Waals surface area contributed by atoms with Gasteiger partial charge in [0.05, 0.1) is 26.2 Å². The number of fused-ring (bicyclic) bond motifs is 4. The molecule has 0 saturated heterocycles. The maximum Gasteiger partial charge on any atom is 0.211 e. The van der Waals surface area contributed by atoms with Crippen molar-refractivity contribution in [3.8, 4) is 10.6 Å². The van der Waals surface area contributed by atoms with E-state index in [4.69, 9.17) is 4.98 Å². The Hall–Kier alpha value is -2.27. The van der Waals surface area contributed by atoms with Crippen LogP contribution in [-0.4, -0.2) is 14.8 Å². The standard InChI is InChI=1S/C15H11N3OS/c1-8-14(19)12-9(7-18(2)17-12)13-15(8)20-11-6-4-3-5-10(11)16-13/h3-7H,1-2H3. The molecule has 4 nitrogen and oxygen atoms in total. The molecule has 0 radical (unpaired) electrons. The van der Waals surface area contributed by atoms with Crippen LogP contribution in [0, 0.1) is 6.92 Å². The number of hydrogen-bond donors (Lipinski definition) is 0. The van der Waals surface area contributed by atoms with Crippen LogP contribution in [0.5, 0.6) is 0 Å². The molecule has 1 aromatic heterocycles. The van der Waals surface area contributed by atoms with Crippen LogP contribution < -0.4 is 5.43 Å². The molecule has 4 rings (SSSR count). The lowest BCUT2D eigenvalue weighted by atomic mass is 10.1. The van der Waals surface area contributed by atoms with Gasteiger partial charge in [-0.05, 0) is 19.1 Å². The van der Waals surface area contributed by atoms with Crippen molar-refractivity contribution in [3.05, 3.63) is 46.2 Å². The van der Waals surface area contributed by atoms with Crippen LogP contribution in [0.3, 0.4) is 0 Å². The van der Waals surface area contributed by atoms with Crippen LogP contribution in [0.2, 0.25) is 0 Å². The van der Waals surface area contributed by atoms with E-state index in [0.29, 0.717) is 5.52 Å². The van der Waals surface area contributed by atoms with E-state index in [1.807, 2.05) is 44.4 Å². The van der Waals surface area contributed by atoms with Crippen LogP contribution >= 0.6 is 11.3 Å². The Morgan fingerprint density at radius 1 is 1.25 bits per heavy atom. The van der Waals surface area contributed by atoms with Gasteiger partial charge >= 0.3 is 0 Å². The molecule has 0 N–H and O–H groups in total. The van der Waals surface area contributed by atoms with E-state index in [-0.39, 0.29) is 5.43 Å². The fourth-order valence-corrected chi connectivity index (χ4v) is 3.60. The van der Waals surface area contributed by atoms with Gasteiger partial charge in [-0.3, -0.25) is 9.48 Å². The number of aromatic nitrogens is 3. The Labute approximate surface area is 118 Å². The third-order valence-corrected chi connectivity index (χ3v) is 4.77. The van der Waals surface area contributed by atoms with E-state index in [0.717, 1.165) is 31.7 Å². The summed E-state index contributed by atoms with van der Waals surface area (Å²) in [6, 6.07) is 7.99. The van der Waals surface area contributed by atoms with Crippen molar-refractivity contribution in [3.63, 3.8) is 0 Å². The molecular formula is C15H11N3OS. The van der Waals surface area contributed by atoms with Gasteiger partial charge in [-0.1, -0.05) is 12.1 Å². The van der Waals surface area contributed by atoms with E-state index in [1.165, 1.54) is 0 Å². The SMILES string of the molecule is Cc1c2sc3ccccc3nc-2c2cn(C)nc2c1=O. The van der Waals surface area contributed by atoms with Crippen LogP contribution in [0.4, 0.5) is 0 Å². The fraction of sp³-hybridized carbons (Fsp3) is 0.133. The van der Waals surface area contributed by atoms with Gasteiger partial charge in [0.1, 0.15) is 5.52 Å². The number of nitrogens with zero attached hydrogens (tertiary/aromatic N) is 3. The van der Waals surface area contributed by atoms with Crippen LogP contribution in [-0.2, 0) is 7.05 Å². The number of rotatable bonds is 0. The molecule has 1 aromatic carbocycles. The molecule has 0 saturated carbocycles. The van der Waals surface area contributed by atoms with Gasteiger partial charge in [0.2, 0.25) is 5.43 Å². The number of aryl methyl sites for hydroxylation is 1. The van der Waals surface area contributed by atoms with Gasteiger partial charge in [-0.2, -0.15) is 5.10 Å². The fourth-order valence-electron chi connectivity index (χ4n) is 2.51. The van der Waals surface area contributed by atoms with E-state index < -0.39 is 0 Å². The zero-order valence-electron chi connectivity index (χ0n) is 11.0. The summed E-state index contributed by atoms with van der Waals surface area (Å²) in [7, 11) is 1.82. The monoisotopic (exact) mass is 281 g/mol. The second-order valence-corrected chi connectivity index (χ2v) is 5.93. The molecule has 0 bridgehead atoms. The minimum absolute atomic E-state index is 0.00133. The Kier molecular flexibility index (Phi) is 2.23. The first-order chi connectivity index (χ1) is 9.65. The molecule has 2 aliphatic rings. The molecule has 2 heterocycles. The summed E-state index contributed by atoms with van der Waals surface area (Å²) in [5.41, 5.74) is 3.06. The van der Waals surface area contributed by atoms with E-state index in [9.17, 15) is 4.79 Å². The highest BCUT2D eigenvalue weighted by Crippen LogP contribution is 2.35. The van der Waals surface area contributed by atoms with Crippen molar-refractivity contribution in [2.24, 2.45) is 7.05 Å². The highest BCUT2D eigenvalue weighted by atomic mass is 32.1. The molecule has 20 heavy (non-hydrogen) atoms. The Bertz CT molecular complexity index is 999. The highest BCUT2D eigenvalue weighted by molar-refractivity contribution is 7.21. The third kappa shape index (κ3) is 1.44. The number of benzene rings is 2. The van der Waals surface area contributed by atoms with E-state index in [2.05, 4.69) is 5.10 Å². The molecule has 1 aliphatic heterocycles. The van der Waals surface area contributed by atoms with Crippen LogP contribution in [0.25, 0.3) is 31.7 Å². The maximum atomic E-state index is 12.4. The summed E-state index contributed by atoms with van der Waals surface area (Å²) in [6.45, 7) is 1.85. The minimum Gasteiger partial charge on any atom is -0.287 e. The van der Waals surface area contributed by atoms with Crippen molar-refractivity contribution in [1.82, 2.24) is 14.8 Å². The van der Waals surface area contributed by atoms with Crippen molar-refractivity contribution in [2.45, 2.75) is 6.92 Å². The van der Waals surface area contributed by atoms with Crippen molar-refractivity contribution >= 4 is 32.5 Å². The zero-order chi connectivity index (χ0) is 13.9. The first-order valence-corrected chi connectivity index (χ1v) is 7.12. The minimum atomic E-state index is 0.00133. The lowest BCUT2D eigenvalue weighted by Gasteiger charge is -2.09. The van der Waals surface area contributed by atoms with E-state index >= 15 is 0 Å². The molecule has 1 aliphatic carbocycles. The number of para-hydroxylation sites is 1. The zero-order valence-corrected chi connectivity index (χ0v) is 11.9. The Balaban J connectivity index is 2.33. The quantitative estimate of drug-likeness (QED) is 0.466. The number of hydrogen-bond acceptors (Lipinski definition) is 4. The van der Waals surface area contributed by atoms with E-state index in [1.54, 1.807) is 16.0 Å². The van der Waals surface area contributed by atoms with Gasteiger partial charge in [-0.15, -0.1) is 11.3 Å². The first-order valence-electron chi connectivity index (χ1n) is 6.30. The molecule has 98 valence electrons. The van der Waals surface area contributed by atoms with Crippen LogP contribution in [0.15, 0.2) is 35.3 Å². The lowest BCUT2D eigenvalue weighted by molar-refractivity contribution is 0.779. The smallest absolute Gasteiger partial charge is 0.211 e. The predicted octanol–water partition coefficient (Wildman–Crippen LogP) is 2.96. The summed E-state index contributed by atoms with van der Waals surface area (Å²) in [5.74, 6) is 0. The third-order valence-electron chi connectivity index (χ3n) is 3.50. The Morgan fingerprint density at radius 3 is 2.90 bits per heavy atom. The molecule has 0 spiro atoms. The second-order valence-electron chi connectivity index (χ2n) is 4.88. The van der Waals surface area contributed by atoms with Crippen molar-refractivity contribution < 1.29 is 0 Å². The largest absolute Gasteiger partial charge is 0.287 e. The first kappa shape index (κ1) is 11.5. The summed E-state index contributed by atoms with van der Waals surface area (Å²) in [4.78, 5) is 18.1. The molecule has 0 unspecified atom stereocenters. The van der Waals surface area contributed by atoms with Crippen molar-refractivity contribution in [1.29, 1.82) is 0 Å². The summed E-state index contributed by atoms with van der Waals surface area (Å²) in [5, 5.41) is 5.11. The highest BCUT2D eigenvalue weighted by Gasteiger charge is 2.20. The average molecular weight is 281 g/mol. The molecular weight excluding hydrogens is 270 g/mol. The second kappa shape index (κ2) is 3.86. The summed E-state index contributed by atoms with van der Waals surface area (Å²) < 4.78 is 2.76. The van der Waals surface area contributed by atoms with Gasteiger partial charge < -0.3 is 0 Å². The Morgan fingerprint density at radius 2 is 2.05 bits per heavy atom. The lowest BCUT2D eigenvalue weighted by Crippen LogP contribution is -2.09.